The summed E-state index contributed by atoms with van der Waals surface area (Å²) >= 11 is 11.9. The number of aryl methyl sites for hydroxylation is 1. The number of halogens is 2. The van der Waals surface area contributed by atoms with Gasteiger partial charge in [0.25, 0.3) is 0 Å². The number of ketones is 1. The molecule has 7 heteroatoms. The third-order valence-electron chi connectivity index (χ3n) is 5.02. The second kappa shape index (κ2) is 12.0. The first-order valence-electron chi connectivity index (χ1n) is 10.6. The van der Waals surface area contributed by atoms with Crippen LogP contribution in [0.3, 0.4) is 0 Å². The van der Waals surface area contributed by atoms with Crippen LogP contribution in [0, 0.1) is 0 Å². The number of benzene rings is 2. The molecule has 168 valence electrons. The van der Waals surface area contributed by atoms with Crippen molar-refractivity contribution in [3.63, 3.8) is 0 Å². The normalized spacial score (nSPS) is 10.8. The minimum Gasteiger partial charge on any atom is -0.507 e. The van der Waals surface area contributed by atoms with E-state index in [1.165, 1.54) is 24.6 Å². The predicted octanol–water partition coefficient (Wildman–Crippen LogP) is 6.72. The second-order valence-electron chi connectivity index (χ2n) is 7.38. The molecule has 0 amide bonds. The van der Waals surface area contributed by atoms with Gasteiger partial charge in [0.2, 0.25) is 0 Å². The minimum atomic E-state index is -0.716. The van der Waals surface area contributed by atoms with Crippen molar-refractivity contribution in [1.29, 1.82) is 0 Å². The summed E-state index contributed by atoms with van der Waals surface area (Å²) in [6, 6.07) is 5.46. The number of aromatic hydroxyl groups is 2. The summed E-state index contributed by atoms with van der Waals surface area (Å²) in [7, 11) is 0. The maximum absolute atomic E-state index is 13.1. The Hall–Kier alpha value is -2.24. The van der Waals surface area contributed by atoms with E-state index < -0.39 is 11.8 Å². The summed E-state index contributed by atoms with van der Waals surface area (Å²) in [6.07, 6.45) is 6.90. The average molecular weight is 467 g/mol. The van der Waals surface area contributed by atoms with Crippen LogP contribution in [0.1, 0.15) is 84.2 Å². The molecule has 2 rings (SSSR count). The van der Waals surface area contributed by atoms with Gasteiger partial charge in [-0.15, -0.1) is 0 Å². The number of rotatable bonds is 11. The van der Waals surface area contributed by atoms with Crippen LogP contribution in [0.2, 0.25) is 10.0 Å². The number of unbranched alkanes of at least 4 members (excludes halogenated alkanes) is 5. The molecule has 0 saturated carbocycles. The molecule has 5 nitrogen and oxygen atoms in total. The zero-order chi connectivity index (χ0) is 23.0. The predicted molar refractivity (Wildman–Crippen MR) is 123 cm³/mol. The number of ether oxygens (including phenoxy) is 1. The van der Waals surface area contributed by atoms with Crippen LogP contribution >= 0.6 is 23.2 Å². The molecule has 2 aromatic carbocycles. The van der Waals surface area contributed by atoms with E-state index in [0.717, 1.165) is 32.1 Å². The minimum absolute atomic E-state index is 0.0486. The molecule has 0 atom stereocenters. The number of hydrogen-bond acceptors (Lipinski definition) is 5. The number of esters is 1. The van der Waals surface area contributed by atoms with E-state index in [9.17, 15) is 19.8 Å². The molecular weight excluding hydrogens is 439 g/mol. The number of hydrogen-bond donors (Lipinski definition) is 2. The standard InChI is InChI=1S/C24H28Cl2O5/c1-3-5-6-7-8-9-10-15-11-16(12-19(21(15)27)24(30)31-4-2)22(28)18-13-17(25)14-20(26)23(18)29/h11-14,27,29H,3-10H2,1-2H3. The van der Waals surface area contributed by atoms with E-state index in [4.69, 9.17) is 27.9 Å². The summed E-state index contributed by atoms with van der Waals surface area (Å²) in [5, 5.41) is 21.0. The first kappa shape index (κ1) is 25.0. The van der Waals surface area contributed by atoms with Crippen LogP contribution in [0.25, 0.3) is 0 Å². The highest BCUT2D eigenvalue weighted by Crippen LogP contribution is 2.34. The lowest BCUT2D eigenvalue weighted by Crippen LogP contribution is -2.10. The van der Waals surface area contributed by atoms with Gasteiger partial charge in [-0.2, -0.15) is 0 Å². The first-order valence-corrected chi connectivity index (χ1v) is 11.3. The van der Waals surface area contributed by atoms with Gasteiger partial charge in [-0.3, -0.25) is 4.79 Å². The zero-order valence-electron chi connectivity index (χ0n) is 17.8. The molecule has 0 bridgehead atoms. The summed E-state index contributed by atoms with van der Waals surface area (Å²) in [4.78, 5) is 25.5. The molecule has 0 fully saturated rings. The molecule has 31 heavy (non-hydrogen) atoms. The third kappa shape index (κ3) is 6.62. The lowest BCUT2D eigenvalue weighted by Gasteiger charge is -2.13. The molecule has 0 heterocycles. The van der Waals surface area contributed by atoms with Crippen molar-refractivity contribution in [3.8, 4) is 11.5 Å². The van der Waals surface area contributed by atoms with Crippen molar-refractivity contribution in [1.82, 2.24) is 0 Å². The monoisotopic (exact) mass is 466 g/mol. The van der Waals surface area contributed by atoms with Crippen LogP contribution in [-0.2, 0) is 11.2 Å². The fraction of sp³-hybridized carbons (Fsp3) is 0.417. The van der Waals surface area contributed by atoms with Crippen molar-refractivity contribution < 1.29 is 24.5 Å². The molecule has 0 aliphatic heterocycles. The lowest BCUT2D eigenvalue weighted by atomic mass is 9.94. The van der Waals surface area contributed by atoms with E-state index in [0.29, 0.717) is 12.0 Å². The van der Waals surface area contributed by atoms with Gasteiger partial charge in [0.05, 0.1) is 17.2 Å². The average Bonchev–Trinajstić information content (AvgIpc) is 2.73. The van der Waals surface area contributed by atoms with Gasteiger partial charge in [0.15, 0.2) is 5.78 Å². The van der Waals surface area contributed by atoms with Crippen LogP contribution in [0.4, 0.5) is 0 Å². The van der Waals surface area contributed by atoms with E-state index in [1.807, 2.05) is 0 Å². The topological polar surface area (TPSA) is 83.8 Å². The SMILES string of the molecule is CCCCCCCCc1cc(C(=O)c2cc(Cl)cc(Cl)c2O)cc(C(=O)OCC)c1O. The molecule has 0 radical (unpaired) electrons. The summed E-state index contributed by atoms with van der Waals surface area (Å²) in [6.45, 7) is 3.95. The number of phenolic OH excluding ortho intramolecular Hbond substituents is 2. The number of phenols is 2. The number of carbonyl (C=O) groups excluding carboxylic acids is 2. The van der Waals surface area contributed by atoms with Crippen molar-refractivity contribution in [2.24, 2.45) is 0 Å². The Morgan fingerprint density at radius 2 is 1.55 bits per heavy atom. The van der Waals surface area contributed by atoms with Crippen LogP contribution < -0.4 is 0 Å². The molecule has 2 N–H and O–H groups in total. The van der Waals surface area contributed by atoms with Gasteiger partial charge >= 0.3 is 5.97 Å². The Morgan fingerprint density at radius 1 is 0.871 bits per heavy atom. The van der Waals surface area contributed by atoms with E-state index in [-0.39, 0.29) is 44.8 Å². The Labute approximate surface area is 192 Å². The van der Waals surface area contributed by atoms with Crippen molar-refractivity contribution in [2.45, 2.75) is 58.8 Å². The van der Waals surface area contributed by atoms with Gasteiger partial charge in [0.1, 0.15) is 17.1 Å². The number of carbonyl (C=O) groups is 2. The fourth-order valence-electron chi connectivity index (χ4n) is 3.37. The van der Waals surface area contributed by atoms with Gasteiger partial charge in [-0.05, 0) is 49.6 Å². The lowest BCUT2D eigenvalue weighted by molar-refractivity contribution is 0.0523. The molecule has 0 saturated heterocycles. The highest BCUT2D eigenvalue weighted by Gasteiger charge is 2.23. The van der Waals surface area contributed by atoms with E-state index in [2.05, 4.69) is 6.92 Å². The molecule has 0 aliphatic carbocycles. The van der Waals surface area contributed by atoms with Crippen LogP contribution in [-0.4, -0.2) is 28.6 Å². The van der Waals surface area contributed by atoms with Gasteiger partial charge in [0, 0.05) is 10.6 Å². The largest absolute Gasteiger partial charge is 0.507 e. The zero-order valence-corrected chi connectivity index (χ0v) is 19.4. The van der Waals surface area contributed by atoms with Crippen molar-refractivity contribution in [2.75, 3.05) is 6.61 Å². The molecule has 0 unspecified atom stereocenters. The Balaban J connectivity index is 2.39. The van der Waals surface area contributed by atoms with E-state index in [1.54, 1.807) is 13.0 Å². The molecule has 0 spiro atoms. The van der Waals surface area contributed by atoms with Gasteiger partial charge in [-0.1, -0.05) is 62.2 Å². The summed E-state index contributed by atoms with van der Waals surface area (Å²) in [5.74, 6) is -1.85. The van der Waals surface area contributed by atoms with Crippen LogP contribution in [0.5, 0.6) is 11.5 Å². The molecule has 0 aromatic heterocycles. The molecule has 2 aromatic rings. The highest BCUT2D eigenvalue weighted by molar-refractivity contribution is 6.36. The fourth-order valence-corrected chi connectivity index (χ4v) is 3.86. The highest BCUT2D eigenvalue weighted by atomic mass is 35.5. The summed E-state index contributed by atoms with van der Waals surface area (Å²) < 4.78 is 5.03. The third-order valence-corrected chi connectivity index (χ3v) is 5.53. The van der Waals surface area contributed by atoms with Crippen molar-refractivity contribution in [3.05, 3.63) is 56.6 Å². The molecule has 0 aliphatic rings. The van der Waals surface area contributed by atoms with Crippen LogP contribution in [0.15, 0.2) is 24.3 Å². The maximum atomic E-state index is 13.1. The Morgan fingerprint density at radius 3 is 2.23 bits per heavy atom. The summed E-state index contributed by atoms with van der Waals surface area (Å²) in [5.41, 5.74) is 0.456. The van der Waals surface area contributed by atoms with Gasteiger partial charge < -0.3 is 14.9 Å². The first-order chi connectivity index (χ1) is 14.8. The Kier molecular flexibility index (Phi) is 9.66. The molecular formula is C24H28Cl2O5. The van der Waals surface area contributed by atoms with E-state index >= 15 is 0 Å². The maximum Gasteiger partial charge on any atom is 0.341 e. The van der Waals surface area contributed by atoms with Crippen molar-refractivity contribution >= 4 is 35.0 Å². The quantitative estimate of drug-likeness (QED) is 0.218. The van der Waals surface area contributed by atoms with Gasteiger partial charge in [-0.25, -0.2) is 4.79 Å². The Bertz CT molecular complexity index is 940. The smallest absolute Gasteiger partial charge is 0.341 e. The second-order valence-corrected chi connectivity index (χ2v) is 8.23.